The minimum absolute atomic E-state index is 0.160. The molecule has 0 aromatic heterocycles. The minimum Gasteiger partial charge on any atom is -0.493 e. The van der Waals surface area contributed by atoms with Gasteiger partial charge in [-0.05, 0) is 62.0 Å². The molecule has 1 amide bonds. The van der Waals surface area contributed by atoms with Crippen LogP contribution >= 0.6 is 0 Å². The molecule has 212 valence electrons. The number of carbonyl (C=O) groups excluding carboxylic acids is 1. The van der Waals surface area contributed by atoms with Crippen LogP contribution in [-0.4, -0.2) is 59.2 Å². The fraction of sp³-hybridized carbons (Fsp3) is 0.500. The average Bonchev–Trinajstić information content (AvgIpc) is 3.22. The Bertz CT molecular complexity index is 1050. The van der Waals surface area contributed by atoms with Gasteiger partial charge < -0.3 is 25.0 Å². The van der Waals surface area contributed by atoms with Crippen LogP contribution in [0, 0.1) is 5.92 Å². The minimum atomic E-state index is -1.82. The molecular weight excluding hydrogens is 500 g/mol. The fourth-order valence-electron chi connectivity index (χ4n) is 5.02. The maximum atomic E-state index is 12.8. The van der Waals surface area contributed by atoms with Gasteiger partial charge in [-0.2, -0.15) is 0 Å². The van der Waals surface area contributed by atoms with Gasteiger partial charge in [-0.25, -0.2) is 9.59 Å². The second kappa shape index (κ2) is 15.7. The van der Waals surface area contributed by atoms with E-state index >= 15 is 0 Å². The van der Waals surface area contributed by atoms with Gasteiger partial charge in [0, 0.05) is 18.5 Å². The standard InChI is InChI=1S/C28H38N2O3.C2H2O4/c1-32-27-19-23(13-14-26(27)33-21-22-9-5-4-6-10-22)20-30-17-15-24(16-18-30)28(31)29-25-11-7-2-3-8-12-25;3-1(4)2(5)6/h4-6,9-10,13-14,19,24-25H,2-3,7-8,11-12,15-18,20-21H2,1H3,(H,29,31);(H,3,4)(H,5,6). The van der Waals surface area contributed by atoms with Gasteiger partial charge in [0.05, 0.1) is 7.11 Å². The monoisotopic (exact) mass is 540 g/mol. The van der Waals surface area contributed by atoms with E-state index in [1.54, 1.807) is 7.11 Å². The van der Waals surface area contributed by atoms with Crippen LogP contribution in [0.4, 0.5) is 0 Å². The summed E-state index contributed by atoms with van der Waals surface area (Å²) in [6.07, 6.45) is 9.31. The van der Waals surface area contributed by atoms with Crippen LogP contribution < -0.4 is 14.8 Å². The number of hydrogen-bond acceptors (Lipinski definition) is 6. The van der Waals surface area contributed by atoms with E-state index in [9.17, 15) is 4.79 Å². The summed E-state index contributed by atoms with van der Waals surface area (Å²) in [6, 6.07) is 16.7. The largest absolute Gasteiger partial charge is 0.493 e. The van der Waals surface area contributed by atoms with E-state index in [-0.39, 0.29) is 11.8 Å². The van der Waals surface area contributed by atoms with Gasteiger partial charge >= 0.3 is 11.9 Å². The molecule has 0 unspecified atom stereocenters. The van der Waals surface area contributed by atoms with Gasteiger partial charge in [-0.1, -0.05) is 62.1 Å². The first-order valence-corrected chi connectivity index (χ1v) is 13.7. The Balaban J connectivity index is 0.000000631. The fourth-order valence-corrected chi connectivity index (χ4v) is 5.02. The summed E-state index contributed by atoms with van der Waals surface area (Å²) in [4.78, 5) is 33.4. The first kappa shape index (κ1) is 30.0. The Labute approximate surface area is 230 Å². The number of ether oxygens (including phenoxy) is 2. The molecule has 2 aliphatic rings. The smallest absolute Gasteiger partial charge is 0.414 e. The van der Waals surface area contributed by atoms with Crippen molar-refractivity contribution in [2.24, 2.45) is 5.92 Å². The molecule has 2 aromatic carbocycles. The Morgan fingerprint density at radius 2 is 1.49 bits per heavy atom. The van der Waals surface area contributed by atoms with E-state index < -0.39 is 11.9 Å². The summed E-state index contributed by atoms with van der Waals surface area (Å²) in [5.74, 6) is -1.68. The van der Waals surface area contributed by atoms with E-state index in [0.717, 1.165) is 62.4 Å². The highest BCUT2D eigenvalue weighted by molar-refractivity contribution is 6.27. The number of likely N-dealkylation sites (tertiary alicyclic amines) is 1. The Kier molecular flexibility index (Phi) is 12.1. The number of aliphatic carboxylic acids is 2. The van der Waals surface area contributed by atoms with E-state index in [4.69, 9.17) is 29.3 Å². The van der Waals surface area contributed by atoms with Crippen LogP contribution in [0.2, 0.25) is 0 Å². The van der Waals surface area contributed by atoms with Crippen molar-refractivity contribution in [2.45, 2.75) is 70.6 Å². The molecule has 0 atom stereocenters. The summed E-state index contributed by atoms with van der Waals surface area (Å²) in [5.41, 5.74) is 2.34. The van der Waals surface area contributed by atoms with Crippen molar-refractivity contribution in [3.05, 3.63) is 59.7 Å². The number of hydrogen-bond donors (Lipinski definition) is 3. The molecule has 0 radical (unpaired) electrons. The van der Waals surface area contributed by atoms with E-state index in [2.05, 4.69) is 34.5 Å². The van der Waals surface area contributed by atoms with Gasteiger partial charge in [0.25, 0.3) is 0 Å². The van der Waals surface area contributed by atoms with Crippen molar-refractivity contribution in [1.82, 2.24) is 10.2 Å². The van der Waals surface area contributed by atoms with Crippen molar-refractivity contribution >= 4 is 17.8 Å². The molecule has 1 aliphatic carbocycles. The molecule has 2 fully saturated rings. The summed E-state index contributed by atoms with van der Waals surface area (Å²) in [6.45, 7) is 3.30. The lowest BCUT2D eigenvalue weighted by atomic mass is 9.94. The maximum absolute atomic E-state index is 12.8. The maximum Gasteiger partial charge on any atom is 0.414 e. The highest BCUT2D eigenvalue weighted by Gasteiger charge is 2.27. The van der Waals surface area contributed by atoms with Crippen molar-refractivity contribution in [2.75, 3.05) is 20.2 Å². The van der Waals surface area contributed by atoms with E-state index in [1.807, 2.05) is 24.3 Å². The number of nitrogens with zero attached hydrogens (tertiary/aromatic N) is 1. The lowest BCUT2D eigenvalue weighted by molar-refractivity contribution is -0.159. The van der Waals surface area contributed by atoms with Crippen LogP contribution in [0.3, 0.4) is 0 Å². The summed E-state index contributed by atoms with van der Waals surface area (Å²) in [7, 11) is 1.69. The van der Waals surface area contributed by atoms with Gasteiger partial charge in [0.1, 0.15) is 6.61 Å². The number of carboxylic acid groups (broad SMARTS) is 2. The number of carbonyl (C=O) groups is 3. The van der Waals surface area contributed by atoms with Gasteiger partial charge in [-0.3, -0.25) is 9.69 Å². The van der Waals surface area contributed by atoms with Crippen molar-refractivity contribution in [1.29, 1.82) is 0 Å². The summed E-state index contributed by atoms with van der Waals surface area (Å²) >= 11 is 0. The molecule has 9 heteroatoms. The molecule has 0 bridgehead atoms. The van der Waals surface area contributed by atoms with Crippen LogP contribution in [0.15, 0.2) is 48.5 Å². The number of nitrogens with one attached hydrogen (secondary N) is 1. The third-order valence-corrected chi connectivity index (χ3v) is 7.21. The van der Waals surface area contributed by atoms with Gasteiger partial charge in [0.15, 0.2) is 11.5 Å². The Morgan fingerprint density at radius 1 is 0.846 bits per heavy atom. The van der Waals surface area contributed by atoms with Gasteiger partial charge in [0.2, 0.25) is 5.91 Å². The summed E-state index contributed by atoms with van der Waals surface area (Å²) in [5, 5.41) is 18.1. The number of benzene rings is 2. The molecule has 1 aliphatic heterocycles. The zero-order valence-corrected chi connectivity index (χ0v) is 22.6. The molecule has 9 nitrogen and oxygen atoms in total. The third kappa shape index (κ3) is 10.2. The lowest BCUT2D eigenvalue weighted by Gasteiger charge is -2.32. The number of piperidine rings is 1. The molecule has 39 heavy (non-hydrogen) atoms. The lowest BCUT2D eigenvalue weighted by Crippen LogP contribution is -2.43. The Morgan fingerprint density at radius 3 is 2.08 bits per heavy atom. The molecule has 2 aromatic rings. The van der Waals surface area contributed by atoms with Crippen molar-refractivity contribution in [3.8, 4) is 11.5 Å². The first-order valence-electron chi connectivity index (χ1n) is 13.7. The molecule has 3 N–H and O–H groups in total. The second-order valence-corrected chi connectivity index (χ2v) is 10.1. The molecule has 1 heterocycles. The van der Waals surface area contributed by atoms with Gasteiger partial charge in [-0.15, -0.1) is 0 Å². The normalized spacial score (nSPS) is 16.7. The number of carboxylic acids is 2. The number of rotatable bonds is 8. The topological polar surface area (TPSA) is 125 Å². The zero-order valence-electron chi connectivity index (χ0n) is 22.6. The Hall–Kier alpha value is -3.59. The first-order chi connectivity index (χ1) is 18.9. The van der Waals surface area contributed by atoms with E-state index in [1.165, 1.54) is 31.2 Å². The molecular formula is C30H40N2O7. The highest BCUT2D eigenvalue weighted by Crippen LogP contribution is 2.30. The van der Waals surface area contributed by atoms with Crippen molar-refractivity contribution in [3.63, 3.8) is 0 Å². The molecule has 1 saturated carbocycles. The van der Waals surface area contributed by atoms with Crippen LogP contribution in [0.5, 0.6) is 11.5 Å². The second-order valence-electron chi connectivity index (χ2n) is 10.1. The predicted octanol–water partition coefficient (Wildman–Crippen LogP) is 4.48. The van der Waals surface area contributed by atoms with Crippen LogP contribution in [0.1, 0.15) is 62.5 Å². The van der Waals surface area contributed by atoms with Crippen LogP contribution in [0.25, 0.3) is 0 Å². The molecule has 1 saturated heterocycles. The van der Waals surface area contributed by atoms with Crippen molar-refractivity contribution < 1.29 is 34.1 Å². The predicted molar refractivity (Wildman–Crippen MR) is 147 cm³/mol. The number of methoxy groups -OCH3 is 1. The average molecular weight is 541 g/mol. The molecule has 0 spiro atoms. The number of amides is 1. The van der Waals surface area contributed by atoms with Crippen LogP contribution in [-0.2, 0) is 27.5 Å². The quantitative estimate of drug-likeness (QED) is 0.331. The zero-order chi connectivity index (χ0) is 28.0. The SMILES string of the molecule is COc1cc(CN2CCC(C(=O)NC3CCCCCC3)CC2)ccc1OCc1ccccc1.O=C(O)C(=O)O. The highest BCUT2D eigenvalue weighted by atomic mass is 16.5. The third-order valence-electron chi connectivity index (χ3n) is 7.21. The van der Waals surface area contributed by atoms with E-state index in [0.29, 0.717) is 12.6 Å². The molecule has 4 rings (SSSR count). The summed E-state index contributed by atoms with van der Waals surface area (Å²) < 4.78 is 11.6.